The summed E-state index contributed by atoms with van der Waals surface area (Å²) >= 11 is 0. The molecule has 1 aliphatic heterocycles. The van der Waals surface area contributed by atoms with Crippen LogP contribution in [-0.4, -0.2) is 35.7 Å². The van der Waals surface area contributed by atoms with Crippen LogP contribution in [0.1, 0.15) is 31.9 Å². The molecule has 0 bridgehead atoms. The summed E-state index contributed by atoms with van der Waals surface area (Å²) in [5.74, 6) is 0. The fourth-order valence-corrected chi connectivity index (χ4v) is 2.34. The lowest BCUT2D eigenvalue weighted by Crippen LogP contribution is -2.39. The Morgan fingerprint density at radius 3 is 3.11 bits per heavy atom. The van der Waals surface area contributed by atoms with Gasteiger partial charge in [0.25, 0.3) is 0 Å². The molecule has 1 fully saturated rings. The number of aromatic nitrogens is 1. The van der Waals surface area contributed by atoms with Gasteiger partial charge in [-0.3, -0.25) is 9.88 Å². The Hall–Kier alpha value is -1.13. The van der Waals surface area contributed by atoms with Gasteiger partial charge in [-0.25, -0.2) is 0 Å². The van der Waals surface area contributed by atoms with E-state index in [1.54, 1.807) is 6.20 Å². The van der Waals surface area contributed by atoms with Gasteiger partial charge in [-0.15, -0.1) is 0 Å². The maximum absolute atomic E-state index is 5.84. The molecule has 1 aromatic rings. The number of pyridine rings is 1. The number of rotatable bonds is 5. The first-order valence-corrected chi connectivity index (χ1v) is 6.82. The summed E-state index contributed by atoms with van der Waals surface area (Å²) in [4.78, 5) is 6.77. The van der Waals surface area contributed by atoms with E-state index in [0.717, 1.165) is 44.0 Å². The number of piperidine rings is 1. The van der Waals surface area contributed by atoms with Crippen molar-refractivity contribution in [3.63, 3.8) is 0 Å². The van der Waals surface area contributed by atoms with E-state index in [1.165, 1.54) is 12.8 Å². The highest BCUT2D eigenvalue weighted by Gasteiger charge is 2.20. The van der Waals surface area contributed by atoms with Gasteiger partial charge in [0.05, 0.1) is 23.7 Å². The van der Waals surface area contributed by atoms with Gasteiger partial charge in [0.2, 0.25) is 0 Å². The Balaban J connectivity index is 1.83. The van der Waals surface area contributed by atoms with Crippen LogP contribution in [-0.2, 0) is 11.3 Å². The van der Waals surface area contributed by atoms with E-state index in [-0.39, 0.29) is 0 Å². The maximum Gasteiger partial charge on any atom is 0.0702 e. The Kier molecular flexibility index (Phi) is 4.96. The second-order valence-corrected chi connectivity index (χ2v) is 4.95. The predicted octanol–water partition coefficient (Wildman–Crippen LogP) is 2.05. The molecule has 1 aliphatic rings. The SMILES string of the molecule is CCCOC1CCCN(Cc2ccc(N)cn2)C1. The Bertz CT molecular complexity index is 353. The van der Waals surface area contributed by atoms with Crippen LogP contribution < -0.4 is 5.73 Å². The quantitative estimate of drug-likeness (QED) is 0.867. The summed E-state index contributed by atoms with van der Waals surface area (Å²) in [7, 11) is 0. The zero-order chi connectivity index (χ0) is 12.8. The van der Waals surface area contributed by atoms with E-state index in [0.29, 0.717) is 6.10 Å². The molecule has 1 atom stereocenters. The van der Waals surface area contributed by atoms with Crippen molar-refractivity contribution in [3.05, 3.63) is 24.0 Å². The number of nitrogens with two attached hydrogens (primary N) is 1. The molecule has 0 spiro atoms. The van der Waals surface area contributed by atoms with Gasteiger partial charge in [-0.05, 0) is 37.9 Å². The number of anilines is 1. The van der Waals surface area contributed by atoms with Gasteiger partial charge in [0.1, 0.15) is 0 Å². The number of hydrogen-bond acceptors (Lipinski definition) is 4. The lowest BCUT2D eigenvalue weighted by molar-refractivity contribution is -0.00252. The molecule has 1 saturated heterocycles. The molecule has 0 radical (unpaired) electrons. The van der Waals surface area contributed by atoms with E-state index < -0.39 is 0 Å². The molecule has 2 heterocycles. The molecule has 0 aliphatic carbocycles. The monoisotopic (exact) mass is 249 g/mol. The number of nitrogens with zero attached hydrogens (tertiary/aromatic N) is 2. The molecule has 0 saturated carbocycles. The standard InChI is InChI=1S/C14H23N3O/c1-2-8-18-14-4-3-7-17(11-14)10-13-6-5-12(15)9-16-13/h5-6,9,14H,2-4,7-8,10-11,15H2,1H3. The van der Waals surface area contributed by atoms with Crippen LogP contribution in [0.3, 0.4) is 0 Å². The van der Waals surface area contributed by atoms with Crippen LogP contribution in [0, 0.1) is 0 Å². The normalized spacial score (nSPS) is 21.1. The molecule has 0 amide bonds. The maximum atomic E-state index is 5.84. The minimum atomic E-state index is 0.396. The average Bonchev–Trinajstić information content (AvgIpc) is 2.40. The van der Waals surface area contributed by atoms with E-state index in [4.69, 9.17) is 10.5 Å². The fraction of sp³-hybridized carbons (Fsp3) is 0.643. The van der Waals surface area contributed by atoms with Crippen molar-refractivity contribution in [2.45, 2.75) is 38.8 Å². The van der Waals surface area contributed by atoms with Gasteiger partial charge < -0.3 is 10.5 Å². The molecule has 4 nitrogen and oxygen atoms in total. The number of ether oxygens (including phenoxy) is 1. The van der Waals surface area contributed by atoms with Gasteiger partial charge in [-0.2, -0.15) is 0 Å². The molecule has 1 aromatic heterocycles. The van der Waals surface area contributed by atoms with Crippen LogP contribution in [0.4, 0.5) is 5.69 Å². The first kappa shape index (κ1) is 13.3. The Labute approximate surface area is 109 Å². The number of hydrogen-bond donors (Lipinski definition) is 1. The van der Waals surface area contributed by atoms with Crippen molar-refractivity contribution in [1.29, 1.82) is 0 Å². The van der Waals surface area contributed by atoms with Crippen LogP contribution in [0.15, 0.2) is 18.3 Å². The van der Waals surface area contributed by atoms with E-state index in [1.807, 2.05) is 12.1 Å². The summed E-state index contributed by atoms with van der Waals surface area (Å²) in [5, 5.41) is 0. The Morgan fingerprint density at radius 1 is 1.50 bits per heavy atom. The molecule has 2 N–H and O–H groups in total. The average molecular weight is 249 g/mol. The van der Waals surface area contributed by atoms with Gasteiger partial charge in [0, 0.05) is 19.7 Å². The third kappa shape index (κ3) is 3.96. The summed E-state index contributed by atoms with van der Waals surface area (Å²) < 4.78 is 5.84. The third-order valence-electron chi connectivity index (χ3n) is 3.25. The van der Waals surface area contributed by atoms with E-state index in [9.17, 15) is 0 Å². The lowest BCUT2D eigenvalue weighted by Gasteiger charge is -2.32. The molecular weight excluding hydrogens is 226 g/mol. The largest absolute Gasteiger partial charge is 0.397 e. The summed E-state index contributed by atoms with van der Waals surface area (Å²) in [6.45, 7) is 6.08. The fourth-order valence-electron chi connectivity index (χ4n) is 2.34. The zero-order valence-corrected chi connectivity index (χ0v) is 11.1. The number of nitrogen functional groups attached to an aromatic ring is 1. The van der Waals surface area contributed by atoms with Gasteiger partial charge >= 0.3 is 0 Å². The Morgan fingerprint density at radius 2 is 2.39 bits per heavy atom. The third-order valence-corrected chi connectivity index (χ3v) is 3.25. The summed E-state index contributed by atoms with van der Waals surface area (Å²) in [6.07, 6.45) is 5.61. The zero-order valence-electron chi connectivity index (χ0n) is 11.1. The van der Waals surface area contributed by atoms with Crippen LogP contribution >= 0.6 is 0 Å². The molecule has 1 unspecified atom stereocenters. The molecule has 2 rings (SSSR count). The minimum Gasteiger partial charge on any atom is -0.397 e. The van der Waals surface area contributed by atoms with Gasteiger partial charge in [0.15, 0.2) is 0 Å². The molecule has 4 heteroatoms. The topological polar surface area (TPSA) is 51.4 Å². The lowest BCUT2D eigenvalue weighted by atomic mass is 10.1. The highest BCUT2D eigenvalue weighted by atomic mass is 16.5. The van der Waals surface area contributed by atoms with Gasteiger partial charge in [-0.1, -0.05) is 6.92 Å². The van der Waals surface area contributed by atoms with E-state index in [2.05, 4.69) is 16.8 Å². The van der Waals surface area contributed by atoms with E-state index >= 15 is 0 Å². The van der Waals surface area contributed by atoms with Crippen molar-refractivity contribution in [2.75, 3.05) is 25.4 Å². The van der Waals surface area contributed by atoms with Crippen molar-refractivity contribution < 1.29 is 4.74 Å². The van der Waals surface area contributed by atoms with Crippen molar-refractivity contribution in [3.8, 4) is 0 Å². The highest BCUT2D eigenvalue weighted by Crippen LogP contribution is 2.15. The second kappa shape index (κ2) is 6.71. The first-order chi connectivity index (χ1) is 8.78. The van der Waals surface area contributed by atoms with Crippen LogP contribution in [0.2, 0.25) is 0 Å². The van der Waals surface area contributed by atoms with Crippen molar-refractivity contribution in [1.82, 2.24) is 9.88 Å². The molecule has 100 valence electrons. The van der Waals surface area contributed by atoms with Crippen LogP contribution in [0.5, 0.6) is 0 Å². The minimum absolute atomic E-state index is 0.396. The first-order valence-electron chi connectivity index (χ1n) is 6.82. The molecule has 0 aromatic carbocycles. The number of likely N-dealkylation sites (tertiary alicyclic amines) is 1. The van der Waals surface area contributed by atoms with Crippen LogP contribution in [0.25, 0.3) is 0 Å². The predicted molar refractivity (Wildman–Crippen MR) is 73.2 cm³/mol. The smallest absolute Gasteiger partial charge is 0.0702 e. The molecular formula is C14H23N3O. The second-order valence-electron chi connectivity index (χ2n) is 4.95. The summed E-state index contributed by atoms with van der Waals surface area (Å²) in [6, 6.07) is 3.92. The summed E-state index contributed by atoms with van der Waals surface area (Å²) in [5.41, 5.74) is 7.45. The highest BCUT2D eigenvalue weighted by molar-refractivity contribution is 5.34. The van der Waals surface area contributed by atoms with Crippen molar-refractivity contribution >= 4 is 5.69 Å². The van der Waals surface area contributed by atoms with Crippen molar-refractivity contribution in [2.24, 2.45) is 0 Å². The molecule has 18 heavy (non-hydrogen) atoms.